The number of rotatable bonds is 4. The molecule has 0 saturated heterocycles. The van der Waals surface area contributed by atoms with Crippen LogP contribution in [0.1, 0.15) is 44.6 Å². The predicted octanol–water partition coefficient (Wildman–Crippen LogP) is 6.71. The minimum Gasteiger partial charge on any atom is -0.233 e. The van der Waals surface area contributed by atoms with E-state index in [-0.39, 0.29) is 0 Å². The number of nitrogens with zero attached hydrogens (tertiary/aromatic N) is 2. The normalized spacial score (nSPS) is 13.6. The van der Waals surface area contributed by atoms with Gasteiger partial charge in [0.2, 0.25) is 0 Å². The van der Waals surface area contributed by atoms with E-state index in [4.69, 9.17) is 0 Å². The number of benzene rings is 1. The van der Waals surface area contributed by atoms with E-state index < -0.39 is 0 Å². The molecule has 0 atom stereocenters. The van der Waals surface area contributed by atoms with Crippen molar-refractivity contribution < 1.29 is 0 Å². The van der Waals surface area contributed by atoms with E-state index in [1.54, 1.807) is 0 Å². The second-order valence-electron chi connectivity index (χ2n) is 6.05. The van der Waals surface area contributed by atoms with E-state index >= 15 is 0 Å². The first-order chi connectivity index (χ1) is 12.7. The summed E-state index contributed by atoms with van der Waals surface area (Å²) in [5.74, 6) is 0.816. The van der Waals surface area contributed by atoms with Gasteiger partial charge in [-0.15, -0.1) is 0 Å². The molecule has 2 nitrogen and oxygen atoms in total. The van der Waals surface area contributed by atoms with Crippen molar-refractivity contribution in [2.45, 2.75) is 40.0 Å². The van der Waals surface area contributed by atoms with Gasteiger partial charge in [0.15, 0.2) is 0 Å². The summed E-state index contributed by atoms with van der Waals surface area (Å²) in [4.78, 5) is 9.09. The van der Waals surface area contributed by atoms with Crippen LogP contribution in [-0.2, 0) is 0 Å². The molecule has 0 aliphatic heterocycles. The number of allylic oxidation sites excluding steroid dienone is 8. The zero-order valence-electron chi connectivity index (χ0n) is 16.0. The quantitative estimate of drug-likeness (QED) is 0.576. The molecule has 134 valence electrons. The van der Waals surface area contributed by atoms with Crippen molar-refractivity contribution in [1.29, 1.82) is 0 Å². The van der Waals surface area contributed by atoms with Gasteiger partial charge in [-0.05, 0) is 44.7 Å². The van der Waals surface area contributed by atoms with E-state index in [0.29, 0.717) is 0 Å². The third-order valence-electron chi connectivity index (χ3n) is 3.87. The summed E-state index contributed by atoms with van der Waals surface area (Å²) >= 11 is 0. The first-order valence-electron chi connectivity index (χ1n) is 9.30. The highest BCUT2D eigenvalue weighted by Crippen LogP contribution is 2.24. The fraction of sp³-hybridized carbons (Fsp3) is 0.250. The fourth-order valence-corrected chi connectivity index (χ4v) is 2.60. The molecule has 0 amide bonds. The lowest BCUT2D eigenvalue weighted by atomic mass is 10.0. The summed E-state index contributed by atoms with van der Waals surface area (Å²) in [7, 11) is 0. The van der Waals surface area contributed by atoms with E-state index in [2.05, 4.69) is 65.5 Å². The summed E-state index contributed by atoms with van der Waals surface area (Å²) in [5, 5.41) is 0. The Labute approximate surface area is 157 Å². The maximum absolute atomic E-state index is 4.55. The van der Waals surface area contributed by atoms with Crippen molar-refractivity contribution in [2.75, 3.05) is 0 Å². The molecule has 1 aliphatic rings. The van der Waals surface area contributed by atoms with Crippen LogP contribution < -0.4 is 0 Å². The van der Waals surface area contributed by atoms with Gasteiger partial charge >= 0.3 is 0 Å². The fourth-order valence-electron chi connectivity index (χ4n) is 2.60. The Hall–Kier alpha value is -2.74. The summed E-state index contributed by atoms with van der Waals surface area (Å²) in [6, 6.07) is 12.3. The molecule has 1 aromatic carbocycles. The van der Waals surface area contributed by atoms with Gasteiger partial charge in [0.25, 0.3) is 0 Å². The summed E-state index contributed by atoms with van der Waals surface area (Å²) in [5.41, 5.74) is 4.34. The molecule has 0 unspecified atom stereocenters. The molecule has 26 heavy (non-hydrogen) atoms. The lowest BCUT2D eigenvalue weighted by molar-refractivity contribution is 1.02. The summed E-state index contributed by atoms with van der Waals surface area (Å²) in [6.07, 6.45) is 18.2. The van der Waals surface area contributed by atoms with E-state index in [0.717, 1.165) is 42.0 Å². The van der Waals surface area contributed by atoms with Gasteiger partial charge in [0, 0.05) is 5.56 Å². The van der Waals surface area contributed by atoms with Crippen LogP contribution in [0.3, 0.4) is 0 Å². The van der Waals surface area contributed by atoms with Crippen LogP contribution in [0.15, 0.2) is 78.9 Å². The van der Waals surface area contributed by atoms with E-state index in [9.17, 15) is 0 Å². The standard InChI is InChI=1S/C17H16N2.C7H12/c1-13-18-16(14-8-4-2-5-9-14)12-17(19-13)15-10-6-3-7-11-15;1-3-5-7-6-4-2/h2,4-6,8-12H,3,7H2,1H3;3,5-7H,4H2,1-2H3/b;5-3-,7-6-. The average Bonchev–Trinajstić information content (AvgIpc) is 2.70. The van der Waals surface area contributed by atoms with Crippen molar-refractivity contribution in [1.82, 2.24) is 9.97 Å². The number of aryl methyl sites for hydroxylation is 1. The minimum absolute atomic E-state index is 0.816. The third-order valence-corrected chi connectivity index (χ3v) is 3.87. The highest BCUT2D eigenvalue weighted by molar-refractivity contribution is 5.75. The SMILES string of the molecule is C/C=C\C=C/CC.Cc1nc(C2=CCCC=C2)cc(-c2ccccc2)n1. The summed E-state index contributed by atoms with van der Waals surface area (Å²) in [6.45, 7) is 6.09. The lowest BCUT2D eigenvalue weighted by Crippen LogP contribution is -1.97. The molecular weight excluding hydrogens is 316 g/mol. The van der Waals surface area contributed by atoms with E-state index in [1.165, 1.54) is 5.57 Å². The van der Waals surface area contributed by atoms with Crippen molar-refractivity contribution >= 4 is 5.57 Å². The van der Waals surface area contributed by atoms with Gasteiger partial charge in [-0.3, -0.25) is 0 Å². The molecule has 0 fully saturated rings. The number of hydrogen-bond donors (Lipinski definition) is 0. The minimum atomic E-state index is 0.816. The van der Waals surface area contributed by atoms with Gasteiger partial charge in [-0.2, -0.15) is 0 Å². The maximum Gasteiger partial charge on any atom is 0.126 e. The molecule has 1 aliphatic carbocycles. The van der Waals surface area contributed by atoms with Crippen LogP contribution in [0, 0.1) is 6.92 Å². The molecule has 2 heteroatoms. The van der Waals surface area contributed by atoms with Crippen molar-refractivity contribution in [3.63, 3.8) is 0 Å². The molecular formula is C24H28N2. The van der Waals surface area contributed by atoms with Gasteiger partial charge < -0.3 is 0 Å². The second-order valence-corrected chi connectivity index (χ2v) is 6.05. The molecule has 1 heterocycles. The molecule has 1 aromatic heterocycles. The Bertz CT molecular complexity index is 796. The second kappa shape index (κ2) is 11.0. The first-order valence-corrected chi connectivity index (χ1v) is 9.30. The van der Waals surface area contributed by atoms with Gasteiger partial charge in [-0.25, -0.2) is 9.97 Å². The van der Waals surface area contributed by atoms with Gasteiger partial charge in [0.05, 0.1) is 11.4 Å². The van der Waals surface area contributed by atoms with Crippen LogP contribution in [-0.4, -0.2) is 9.97 Å². The van der Waals surface area contributed by atoms with Crippen LogP contribution >= 0.6 is 0 Å². The zero-order chi connectivity index (χ0) is 18.6. The number of hydrogen-bond acceptors (Lipinski definition) is 2. The van der Waals surface area contributed by atoms with E-state index in [1.807, 2.05) is 44.2 Å². The Kier molecular flexibility index (Phi) is 8.28. The molecule has 0 N–H and O–H groups in total. The lowest BCUT2D eigenvalue weighted by Gasteiger charge is -2.09. The third kappa shape index (κ3) is 6.29. The summed E-state index contributed by atoms with van der Waals surface area (Å²) < 4.78 is 0. The average molecular weight is 345 g/mol. The maximum atomic E-state index is 4.55. The predicted molar refractivity (Wildman–Crippen MR) is 113 cm³/mol. The topological polar surface area (TPSA) is 25.8 Å². The molecule has 0 radical (unpaired) electrons. The zero-order valence-corrected chi connectivity index (χ0v) is 16.0. The Morgan fingerprint density at radius 1 is 1.00 bits per heavy atom. The van der Waals surface area contributed by atoms with Crippen LogP contribution in [0.4, 0.5) is 0 Å². The van der Waals surface area contributed by atoms with Crippen molar-refractivity contribution in [2.24, 2.45) is 0 Å². The van der Waals surface area contributed by atoms with Crippen molar-refractivity contribution in [3.8, 4) is 11.3 Å². The smallest absolute Gasteiger partial charge is 0.126 e. The van der Waals surface area contributed by atoms with Crippen LogP contribution in [0.5, 0.6) is 0 Å². The van der Waals surface area contributed by atoms with Gasteiger partial charge in [-0.1, -0.05) is 79.8 Å². The van der Waals surface area contributed by atoms with Gasteiger partial charge in [0.1, 0.15) is 5.82 Å². The Balaban J connectivity index is 0.000000298. The molecule has 2 aromatic rings. The Morgan fingerprint density at radius 3 is 2.42 bits per heavy atom. The number of aromatic nitrogens is 2. The first kappa shape index (κ1) is 19.6. The highest BCUT2D eigenvalue weighted by atomic mass is 14.9. The monoisotopic (exact) mass is 344 g/mol. The Morgan fingerprint density at radius 2 is 1.77 bits per heavy atom. The molecule has 0 saturated carbocycles. The van der Waals surface area contributed by atoms with Crippen molar-refractivity contribution in [3.05, 3.63) is 90.4 Å². The molecule has 0 bridgehead atoms. The largest absolute Gasteiger partial charge is 0.233 e. The van der Waals surface area contributed by atoms with Crippen LogP contribution in [0.2, 0.25) is 0 Å². The molecule has 0 spiro atoms. The molecule has 3 rings (SSSR count). The van der Waals surface area contributed by atoms with Crippen LogP contribution in [0.25, 0.3) is 16.8 Å². The highest BCUT2D eigenvalue weighted by Gasteiger charge is 2.07.